The molecule has 25 heavy (non-hydrogen) atoms. The van der Waals surface area contributed by atoms with Gasteiger partial charge in [0.1, 0.15) is 0 Å². The number of allylic oxidation sites excluding steroid dienone is 1. The van der Waals surface area contributed by atoms with Crippen molar-refractivity contribution in [1.82, 2.24) is 0 Å². The number of aromatic carboxylic acids is 1. The maximum Gasteiger partial charge on any atom is 0.335 e. The molecule has 1 atom stereocenters. The van der Waals surface area contributed by atoms with Gasteiger partial charge in [0.15, 0.2) is 0 Å². The molecule has 3 rings (SSSR count). The second kappa shape index (κ2) is 6.51. The molecule has 0 fully saturated rings. The minimum absolute atomic E-state index is 0.223. The molecule has 2 aromatic carbocycles. The van der Waals surface area contributed by atoms with Crippen LogP contribution in [-0.4, -0.2) is 11.1 Å². The van der Waals surface area contributed by atoms with E-state index in [4.69, 9.17) is 5.11 Å². The van der Waals surface area contributed by atoms with Gasteiger partial charge in [0.05, 0.1) is 5.56 Å². The molecule has 0 bridgehead atoms. The third-order valence-electron chi connectivity index (χ3n) is 5.51. The lowest BCUT2D eigenvalue weighted by molar-refractivity contribution is 0.0697. The van der Waals surface area contributed by atoms with Gasteiger partial charge in [0, 0.05) is 0 Å². The smallest absolute Gasteiger partial charge is 0.335 e. The molecule has 0 saturated heterocycles. The number of carbonyl (C=O) groups is 1. The predicted octanol–water partition coefficient (Wildman–Crippen LogP) is 6.12. The number of hydrogen-bond donors (Lipinski definition) is 1. The van der Waals surface area contributed by atoms with Crippen molar-refractivity contribution in [2.75, 3.05) is 0 Å². The second-order valence-electron chi connectivity index (χ2n) is 7.88. The average Bonchev–Trinajstić information content (AvgIpc) is 2.58. The molecule has 1 aliphatic carbocycles. The van der Waals surface area contributed by atoms with Crippen molar-refractivity contribution < 1.29 is 9.90 Å². The van der Waals surface area contributed by atoms with Crippen molar-refractivity contribution in [3.05, 3.63) is 70.3 Å². The first-order valence-electron chi connectivity index (χ1n) is 8.94. The molecule has 1 aliphatic rings. The van der Waals surface area contributed by atoms with Crippen LogP contribution >= 0.6 is 0 Å². The summed E-state index contributed by atoms with van der Waals surface area (Å²) in [5, 5.41) is 9.00. The van der Waals surface area contributed by atoms with Crippen LogP contribution in [0.4, 0.5) is 0 Å². The van der Waals surface area contributed by atoms with Crippen molar-refractivity contribution in [3.63, 3.8) is 0 Å². The number of hydrogen-bond acceptors (Lipinski definition) is 1. The summed E-state index contributed by atoms with van der Waals surface area (Å²) in [7, 11) is 0. The zero-order valence-corrected chi connectivity index (χ0v) is 15.5. The quantitative estimate of drug-likeness (QED) is 0.687. The lowest BCUT2D eigenvalue weighted by atomic mass is 9.68. The monoisotopic (exact) mass is 334 g/mol. The third kappa shape index (κ3) is 3.53. The lowest BCUT2D eigenvalue weighted by Gasteiger charge is -2.36. The van der Waals surface area contributed by atoms with Gasteiger partial charge < -0.3 is 5.11 Å². The molecule has 2 aromatic rings. The molecule has 0 heterocycles. The van der Waals surface area contributed by atoms with Crippen LogP contribution in [0.3, 0.4) is 0 Å². The summed E-state index contributed by atoms with van der Waals surface area (Å²) >= 11 is 0. The Bertz CT molecular complexity index is 826. The highest BCUT2D eigenvalue weighted by Gasteiger charge is 2.30. The standard InChI is InChI=1S/C23H26O2/c1-15-11-12-23(3,4)21-14-19(9-10-20(15)21)16(2)13-17-5-7-18(8-6-17)22(24)25/h5-10,13-15H,11-12H2,1-4H3,(H,24,25)/b16-13+/t15-/m0/s1. The first-order chi connectivity index (χ1) is 11.8. The molecule has 0 spiro atoms. The van der Waals surface area contributed by atoms with Crippen molar-refractivity contribution in [2.45, 2.75) is 51.9 Å². The highest BCUT2D eigenvalue weighted by Crippen LogP contribution is 2.43. The fourth-order valence-corrected chi connectivity index (χ4v) is 3.74. The Labute approximate surface area is 150 Å². The van der Waals surface area contributed by atoms with Crippen molar-refractivity contribution in [3.8, 4) is 0 Å². The van der Waals surface area contributed by atoms with Gasteiger partial charge in [-0.2, -0.15) is 0 Å². The minimum atomic E-state index is -0.890. The van der Waals surface area contributed by atoms with Crippen LogP contribution in [0.15, 0.2) is 42.5 Å². The summed E-state index contributed by atoms with van der Waals surface area (Å²) in [6.07, 6.45) is 4.60. The SMILES string of the molecule is C/C(=C\c1ccc(C(=O)O)cc1)c1ccc2c(c1)C(C)(C)CC[C@@H]2C. The third-order valence-corrected chi connectivity index (χ3v) is 5.51. The van der Waals surface area contributed by atoms with E-state index in [2.05, 4.69) is 52.0 Å². The fraction of sp³-hybridized carbons (Fsp3) is 0.348. The van der Waals surface area contributed by atoms with Crippen LogP contribution in [0.1, 0.15) is 79.1 Å². The molecule has 0 aliphatic heterocycles. The minimum Gasteiger partial charge on any atom is -0.478 e. The molecule has 2 nitrogen and oxygen atoms in total. The van der Waals surface area contributed by atoms with Crippen molar-refractivity contribution in [2.24, 2.45) is 0 Å². The topological polar surface area (TPSA) is 37.3 Å². The number of fused-ring (bicyclic) bond motifs is 1. The summed E-state index contributed by atoms with van der Waals surface area (Å²) in [5.74, 6) is -0.261. The highest BCUT2D eigenvalue weighted by atomic mass is 16.4. The predicted molar refractivity (Wildman–Crippen MR) is 104 cm³/mol. The van der Waals surface area contributed by atoms with Gasteiger partial charge in [-0.1, -0.05) is 57.2 Å². The number of rotatable bonds is 3. The Morgan fingerprint density at radius 1 is 1.12 bits per heavy atom. The lowest BCUT2D eigenvalue weighted by Crippen LogP contribution is -2.25. The maximum absolute atomic E-state index is 11.0. The van der Waals surface area contributed by atoms with Crippen LogP contribution in [-0.2, 0) is 5.41 Å². The summed E-state index contributed by atoms with van der Waals surface area (Å²) in [4.78, 5) is 11.0. The van der Waals surface area contributed by atoms with Gasteiger partial charge in [-0.3, -0.25) is 0 Å². The highest BCUT2D eigenvalue weighted by molar-refractivity contribution is 5.88. The van der Waals surface area contributed by atoms with Crippen LogP contribution in [0.25, 0.3) is 11.6 Å². The van der Waals surface area contributed by atoms with Crippen molar-refractivity contribution >= 4 is 17.6 Å². The number of carboxylic acids is 1. The summed E-state index contributed by atoms with van der Waals surface area (Å²) < 4.78 is 0. The summed E-state index contributed by atoms with van der Waals surface area (Å²) in [6, 6.07) is 13.9. The van der Waals surface area contributed by atoms with Gasteiger partial charge in [0.2, 0.25) is 0 Å². The van der Waals surface area contributed by atoms with Gasteiger partial charge >= 0.3 is 5.97 Å². The Morgan fingerprint density at radius 2 is 1.76 bits per heavy atom. The van der Waals surface area contributed by atoms with E-state index >= 15 is 0 Å². The normalized spacial score (nSPS) is 19.4. The molecule has 0 unspecified atom stereocenters. The molecule has 130 valence electrons. The van der Waals surface area contributed by atoms with E-state index in [-0.39, 0.29) is 5.41 Å². The Balaban J connectivity index is 1.95. The average molecular weight is 334 g/mol. The largest absolute Gasteiger partial charge is 0.478 e. The molecule has 0 radical (unpaired) electrons. The van der Waals surface area contributed by atoms with Gasteiger partial charge in [-0.15, -0.1) is 0 Å². The van der Waals surface area contributed by atoms with Crippen molar-refractivity contribution in [1.29, 1.82) is 0 Å². The van der Waals surface area contributed by atoms with E-state index in [1.165, 1.54) is 35.1 Å². The molecule has 0 saturated carbocycles. The molecule has 0 amide bonds. The second-order valence-corrected chi connectivity index (χ2v) is 7.88. The molecular formula is C23H26O2. The molecule has 0 aromatic heterocycles. The van der Waals surface area contributed by atoms with Gasteiger partial charge in [0.25, 0.3) is 0 Å². The van der Waals surface area contributed by atoms with E-state index < -0.39 is 5.97 Å². The molecule has 1 N–H and O–H groups in total. The zero-order chi connectivity index (χ0) is 18.2. The first kappa shape index (κ1) is 17.5. The number of benzene rings is 2. The van der Waals surface area contributed by atoms with Crippen LogP contribution < -0.4 is 0 Å². The fourth-order valence-electron chi connectivity index (χ4n) is 3.74. The van der Waals surface area contributed by atoms with E-state index in [9.17, 15) is 4.79 Å². The van der Waals surface area contributed by atoms with Crippen LogP contribution in [0.2, 0.25) is 0 Å². The summed E-state index contributed by atoms with van der Waals surface area (Å²) in [6.45, 7) is 9.11. The zero-order valence-electron chi connectivity index (χ0n) is 15.5. The van der Waals surface area contributed by atoms with Crippen LogP contribution in [0, 0.1) is 0 Å². The van der Waals surface area contributed by atoms with Gasteiger partial charge in [-0.05, 0) is 71.1 Å². The van der Waals surface area contributed by atoms with Crippen LogP contribution in [0.5, 0.6) is 0 Å². The van der Waals surface area contributed by atoms with E-state index in [0.717, 1.165) is 5.56 Å². The maximum atomic E-state index is 11.0. The molecule has 2 heteroatoms. The molecular weight excluding hydrogens is 308 g/mol. The van der Waals surface area contributed by atoms with E-state index in [1.54, 1.807) is 12.1 Å². The van der Waals surface area contributed by atoms with E-state index in [0.29, 0.717) is 11.5 Å². The summed E-state index contributed by atoms with van der Waals surface area (Å²) in [5.41, 5.74) is 6.95. The Kier molecular flexibility index (Phi) is 4.55. The number of carboxylic acid groups (broad SMARTS) is 1. The van der Waals surface area contributed by atoms with E-state index in [1.807, 2.05) is 12.1 Å². The Hall–Kier alpha value is -2.35. The van der Waals surface area contributed by atoms with Gasteiger partial charge in [-0.25, -0.2) is 4.79 Å². The first-order valence-corrected chi connectivity index (χ1v) is 8.94. The Morgan fingerprint density at radius 3 is 2.40 bits per heavy atom.